The Morgan fingerprint density at radius 1 is 1.07 bits per heavy atom. The lowest BCUT2D eigenvalue weighted by atomic mass is 10.1. The number of hydrogen-bond donors (Lipinski definition) is 1. The lowest BCUT2D eigenvalue weighted by molar-refractivity contribution is -0.124. The van der Waals surface area contributed by atoms with Crippen molar-refractivity contribution in [2.24, 2.45) is 0 Å². The highest BCUT2D eigenvalue weighted by atomic mass is 16.5. The third kappa shape index (κ3) is 7.33. The number of aryl methyl sites for hydroxylation is 2. The Balaban J connectivity index is 1.81. The van der Waals surface area contributed by atoms with E-state index in [1.165, 1.54) is 50.6 Å². The summed E-state index contributed by atoms with van der Waals surface area (Å²) in [6.45, 7) is 4.18. The van der Waals surface area contributed by atoms with Gasteiger partial charge in [-0.1, -0.05) is 51.2 Å². The Bertz CT molecular complexity index is 681. The second-order valence-electron chi connectivity index (χ2n) is 7.18. The lowest BCUT2D eigenvalue weighted by Gasteiger charge is -2.09. The van der Waals surface area contributed by atoms with Crippen LogP contribution in [0.15, 0.2) is 24.3 Å². The number of amides is 1. The van der Waals surface area contributed by atoms with Crippen LogP contribution in [0.4, 0.5) is 0 Å². The van der Waals surface area contributed by atoms with Crippen LogP contribution in [-0.2, 0) is 22.5 Å². The van der Waals surface area contributed by atoms with Crippen LogP contribution in [0.1, 0.15) is 64.1 Å². The first-order valence-electron chi connectivity index (χ1n) is 10.5. The first-order chi connectivity index (χ1) is 13.3. The van der Waals surface area contributed by atoms with E-state index >= 15 is 0 Å². The molecule has 0 radical (unpaired) electrons. The minimum atomic E-state index is -0.0395. The summed E-state index contributed by atoms with van der Waals surface area (Å²) in [6.07, 6.45) is 10.6. The molecule has 0 fully saturated rings. The molecule has 0 atom stereocenters. The first-order valence-corrected chi connectivity index (χ1v) is 10.5. The molecular weight excluding hydrogens is 338 g/mol. The van der Waals surface area contributed by atoms with Crippen LogP contribution in [0.5, 0.6) is 0 Å². The van der Waals surface area contributed by atoms with Crippen molar-refractivity contribution in [1.82, 2.24) is 14.9 Å². The quantitative estimate of drug-likeness (QED) is 0.497. The van der Waals surface area contributed by atoms with Gasteiger partial charge in [0.2, 0.25) is 5.91 Å². The Hall–Kier alpha value is -1.88. The average molecular weight is 374 g/mol. The molecule has 27 heavy (non-hydrogen) atoms. The van der Waals surface area contributed by atoms with Crippen molar-refractivity contribution in [3.8, 4) is 0 Å². The number of carbonyl (C=O) groups excluding carboxylic acids is 1. The van der Waals surface area contributed by atoms with Crippen molar-refractivity contribution in [3.05, 3.63) is 30.1 Å². The number of ether oxygens (including phenoxy) is 1. The number of hydrogen-bond acceptors (Lipinski definition) is 3. The van der Waals surface area contributed by atoms with E-state index in [0.717, 1.165) is 44.3 Å². The second-order valence-corrected chi connectivity index (χ2v) is 7.18. The third-order valence-corrected chi connectivity index (χ3v) is 4.89. The van der Waals surface area contributed by atoms with Crippen LogP contribution < -0.4 is 5.32 Å². The van der Waals surface area contributed by atoms with E-state index in [9.17, 15) is 4.79 Å². The van der Waals surface area contributed by atoms with Crippen molar-refractivity contribution in [1.29, 1.82) is 0 Å². The van der Waals surface area contributed by atoms with Gasteiger partial charge in [-0.2, -0.15) is 0 Å². The lowest BCUT2D eigenvalue weighted by Crippen LogP contribution is -2.27. The maximum absolute atomic E-state index is 11.4. The number of imidazole rings is 1. The topological polar surface area (TPSA) is 56.2 Å². The molecule has 0 bridgehead atoms. The fraction of sp³-hybridized carbons (Fsp3) is 0.636. The zero-order chi connectivity index (χ0) is 19.3. The molecule has 0 unspecified atom stereocenters. The van der Waals surface area contributed by atoms with Crippen molar-refractivity contribution >= 4 is 16.9 Å². The Labute approximate surface area is 163 Å². The minimum absolute atomic E-state index is 0.0395. The Morgan fingerprint density at radius 3 is 2.67 bits per heavy atom. The molecule has 0 aliphatic rings. The molecule has 5 heteroatoms. The summed E-state index contributed by atoms with van der Waals surface area (Å²) < 4.78 is 7.23. The van der Waals surface area contributed by atoms with Gasteiger partial charge in [-0.3, -0.25) is 4.79 Å². The van der Waals surface area contributed by atoms with Gasteiger partial charge in [0, 0.05) is 26.6 Å². The molecule has 0 saturated carbocycles. The molecule has 1 aromatic heterocycles. The SMILES string of the molecule is CCCCCCCn1c(CCCCCNC(=O)COC)nc2ccccc21. The number of benzene rings is 1. The summed E-state index contributed by atoms with van der Waals surface area (Å²) in [6, 6.07) is 8.46. The van der Waals surface area contributed by atoms with Crippen molar-refractivity contribution < 1.29 is 9.53 Å². The summed E-state index contributed by atoms with van der Waals surface area (Å²) in [7, 11) is 1.54. The highest BCUT2D eigenvalue weighted by Crippen LogP contribution is 2.19. The van der Waals surface area contributed by atoms with E-state index < -0.39 is 0 Å². The molecule has 1 aromatic carbocycles. The van der Waals surface area contributed by atoms with Crippen molar-refractivity contribution in [2.45, 2.75) is 71.3 Å². The fourth-order valence-electron chi connectivity index (χ4n) is 3.43. The smallest absolute Gasteiger partial charge is 0.245 e. The number of para-hydroxylation sites is 2. The van der Waals surface area contributed by atoms with E-state index in [4.69, 9.17) is 9.72 Å². The van der Waals surface area contributed by atoms with Crippen LogP contribution >= 0.6 is 0 Å². The van der Waals surface area contributed by atoms with E-state index in [2.05, 4.69) is 41.1 Å². The van der Waals surface area contributed by atoms with Gasteiger partial charge in [0.05, 0.1) is 11.0 Å². The van der Waals surface area contributed by atoms with Crippen molar-refractivity contribution in [3.63, 3.8) is 0 Å². The number of carbonyl (C=O) groups is 1. The van der Waals surface area contributed by atoms with Gasteiger partial charge in [-0.05, 0) is 31.4 Å². The monoisotopic (exact) mass is 373 g/mol. The highest BCUT2D eigenvalue weighted by molar-refractivity contribution is 5.77. The highest BCUT2D eigenvalue weighted by Gasteiger charge is 2.10. The number of methoxy groups -OCH3 is 1. The molecule has 2 rings (SSSR count). The molecule has 2 aromatic rings. The molecule has 0 spiro atoms. The standard InChI is InChI=1S/C22H35N3O2/c1-3-4-5-6-12-17-25-20-14-10-9-13-19(20)24-21(25)15-8-7-11-16-23-22(26)18-27-2/h9-10,13-14H,3-8,11-12,15-18H2,1-2H3,(H,23,26). The van der Waals surface area contributed by atoms with Gasteiger partial charge in [-0.25, -0.2) is 4.98 Å². The number of nitrogens with zero attached hydrogens (tertiary/aromatic N) is 2. The van der Waals surface area contributed by atoms with Gasteiger partial charge in [0.1, 0.15) is 12.4 Å². The first kappa shape index (κ1) is 21.4. The molecule has 1 N–H and O–H groups in total. The average Bonchev–Trinajstić information content (AvgIpc) is 3.02. The molecule has 1 heterocycles. The maximum atomic E-state index is 11.4. The molecule has 0 saturated heterocycles. The second kappa shape index (κ2) is 12.5. The molecule has 5 nitrogen and oxygen atoms in total. The van der Waals surface area contributed by atoms with E-state index in [1.54, 1.807) is 0 Å². The molecule has 150 valence electrons. The normalized spacial score (nSPS) is 11.2. The number of rotatable bonds is 14. The zero-order valence-electron chi connectivity index (χ0n) is 17.0. The fourth-order valence-corrected chi connectivity index (χ4v) is 3.43. The summed E-state index contributed by atoms with van der Waals surface area (Å²) >= 11 is 0. The van der Waals surface area contributed by atoms with E-state index in [1.807, 2.05) is 0 Å². The van der Waals surface area contributed by atoms with Crippen LogP contribution in [0.3, 0.4) is 0 Å². The summed E-state index contributed by atoms with van der Waals surface area (Å²) in [4.78, 5) is 16.2. The summed E-state index contributed by atoms with van der Waals surface area (Å²) in [5, 5.41) is 2.87. The predicted octanol–water partition coefficient (Wildman–Crippen LogP) is 4.48. The van der Waals surface area contributed by atoms with Gasteiger partial charge in [0.15, 0.2) is 0 Å². The van der Waals surface area contributed by atoms with Crippen LogP contribution in [0.25, 0.3) is 11.0 Å². The van der Waals surface area contributed by atoms with Gasteiger partial charge in [-0.15, -0.1) is 0 Å². The van der Waals surface area contributed by atoms with Crippen LogP contribution in [0.2, 0.25) is 0 Å². The number of unbranched alkanes of at least 4 members (excludes halogenated alkanes) is 6. The van der Waals surface area contributed by atoms with E-state index in [0.29, 0.717) is 0 Å². The zero-order valence-corrected chi connectivity index (χ0v) is 17.0. The minimum Gasteiger partial charge on any atom is -0.375 e. The molecule has 1 amide bonds. The van der Waals surface area contributed by atoms with Crippen LogP contribution in [-0.4, -0.2) is 35.7 Å². The molecular formula is C22H35N3O2. The Morgan fingerprint density at radius 2 is 1.85 bits per heavy atom. The van der Waals surface area contributed by atoms with E-state index in [-0.39, 0.29) is 12.5 Å². The van der Waals surface area contributed by atoms with Gasteiger partial charge < -0.3 is 14.6 Å². The summed E-state index contributed by atoms with van der Waals surface area (Å²) in [5.74, 6) is 1.16. The Kier molecular flexibility index (Phi) is 9.91. The molecule has 0 aliphatic heterocycles. The third-order valence-electron chi connectivity index (χ3n) is 4.89. The number of fused-ring (bicyclic) bond motifs is 1. The largest absolute Gasteiger partial charge is 0.375 e. The van der Waals surface area contributed by atoms with Crippen molar-refractivity contribution in [2.75, 3.05) is 20.3 Å². The van der Waals surface area contributed by atoms with Gasteiger partial charge in [0.25, 0.3) is 0 Å². The summed E-state index contributed by atoms with van der Waals surface area (Å²) in [5.41, 5.74) is 2.36. The van der Waals surface area contributed by atoms with Crippen LogP contribution in [0, 0.1) is 0 Å². The predicted molar refractivity (Wildman–Crippen MR) is 111 cm³/mol. The molecule has 0 aliphatic carbocycles. The maximum Gasteiger partial charge on any atom is 0.245 e. The number of aromatic nitrogens is 2. The number of nitrogens with one attached hydrogen (secondary N) is 1. The van der Waals surface area contributed by atoms with Gasteiger partial charge >= 0.3 is 0 Å².